The first-order valence-corrected chi connectivity index (χ1v) is 10.2. The fraction of sp³-hybridized carbons (Fsp3) is 0.316. The number of halogens is 3. The molecule has 11 heteroatoms. The predicted octanol–water partition coefficient (Wildman–Crippen LogP) is 2.76. The van der Waals surface area contributed by atoms with Crippen molar-refractivity contribution in [3.63, 3.8) is 0 Å². The Labute approximate surface area is 172 Å². The molecule has 0 saturated carbocycles. The minimum Gasteiger partial charge on any atom is -0.493 e. The summed E-state index contributed by atoms with van der Waals surface area (Å²) >= 11 is 0. The summed E-state index contributed by atoms with van der Waals surface area (Å²) in [5.41, 5.74) is 0.608. The molecule has 0 unspecified atom stereocenters. The van der Waals surface area contributed by atoms with E-state index in [1.165, 1.54) is 37.3 Å². The maximum Gasteiger partial charge on any atom is 0.387 e. The second-order valence-electron chi connectivity index (χ2n) is 6.22. The van der Waals surface area contributed by atoms with Gasteiger partial charge in [0.15, 0.2) is 11.5 Å². The Morgan fingerprint density at radius 2 is 1.80 bits per heavy atom. The number of rotatable bonds is 10. The lowest BCUT2D eigenvalue weighted by atomic mass is 10.2. The lowest BCUT2D eigenvalue weighted by molar-refractivity contribution is -0.130. The van der Waals surface area contributed by atoms with Crippen molar-refractivity contribution < 1.29 is 35.9 Å². The summed E-state index contributed by atoms with van der Waals surface area (Å²) in [6.07, 6.45) is -0.110. The quantitative estimate of drug-likeness (QED) is 0.607. The van der Waals surface area contributed by atoms with Gasteiger partial charge < -0.3 is 14.4 Å². The zero-order valence-electron chi connectivity index (χ0n) is 16.3. The Morgan fingerprint density at radius 3 is 2.40 bits per heavy atom. The van der Waals surface area contributed by atoms with Crippen LogP contribution in [0.15, 0.2) is 47.4 Å². The largest absolute Gasteiger partial charge is 0.493 e. The summed E-state index contributed by atoms with van der Waals surface area (Å²) in [6, 6.07) is 8.61. The molecular formula is C19H21F3N2O5S. The number of nitrogens with one attached hydrogen (secondary N) is 1. The van der Waals surface area contributed by atoms with Crippen LogP contribution in [0.1, 0.15) is 12.0 Å². The number of sulfonamides is 1. The first-order valence-electron chi connectivity index (χ1n) is 8.73. The van der Waals surface area contributed by atoms with E-state index in [2.05, 4.69) is 9.46 Å². The number of hydrogen-bond donors (Lipinski definition) is 1. The van der Waals surface area contributed by atoms with Crippen LogP contribution in [0, 0.1) is 5.82 Å². The molecule has 0 radical (unpaired) electrons. The summed E-state index contributed by atoms with van der Waals surface area (Å²) in [5.74, 6) is -0.930. The fourth-order valence-corrected chi connectivity index (χ4v) is 3.58. The topological polar surface area (TPSA) is 84.9 Å². The molecule has 1 amide bonds. The molecule has 7 nitrogen and oxygen atoms in total. The van der Waals surface area contributed by atoms with Gasteiger partial charge in [-0.25, -0.2) is 17.5 Å². The maximum absolute atomic E-state index is 12.9. The molecule has 0 heterocycles. The van der Waals surface area contributed by atoms with Gasteiger partial charge in [-0.15, -0.1) is 0 Å². The Bertz CT molecular complexity index is 969. The van der Waals surface area contributed by atoms with Crippen molar-refractivity contribution in [3.05, 3.63) is 53.8 Å². The van der Waals surface area contributed by atoms with E-state index < -0.39 is 22.5 Å². The predicted molar refractivity (Wildman–Crippen MR) is 102 cm³/mol. The Morgan fingerprint density at radius 1 is 1.13 bits per heavy atom. The van der Waals surface area contributed by atoms with Gasteiger partial charge in [0.05, 0.1) is 12.0 Å². The molecule has 0 saturated heterocycles. The van der Waals surface area contributed by atoms with Crippen LogP contribution in [-0.2, 0) is 21.4 Å². The third kappa shape index (κ3) is 6.63. The summed E-state index contributed by atoms with van der Waals surface area (Å²) in [7, 11) is -1.03. The van der Waals surface area contributed by atoms with E-state index in [1.807, 2.05) is 0 Å². The molecule has 0 atom stereocenters. The number of amides is 1. The smallest absolute Gasteiger partial charge is 0.387 e. The van der Waals surface area contributed by atoms with E-state index in [4.69, 9.17) is 4.74 Å². The summed E-state index contributed by atoms with van der Waals surface area (Å²) in [4.78, 5) is 13.5. The average molecular weight is 446 g/mol. The van der Waals surface area contributed by atoms with Gasteiger partial charge in [-0.1, -0.05) is 6.07 Å². The van der Waals surface area contributed by atoms with Crippen molar-refractivity contribution in [2.45, 2.75) is 24.5 Å². The summed E-state index contributed by atoms with van der Waals surface area (Å²) < 4.78 is 73.6. The summed E-state index contributed by atoms with van der Waals surface area (Å²) in [6.45, 7) is -2.99. The lowest BCUT2D eigenvalue weighted by Gasteiger charge is -2.18. The van der Waals surface area contributed by atoms with E-state index in [0.717, 1.165) is 24.3 Å². The number of carbonyl (C=O) groups is 1. The molecule has 0 aliphatic carbocycles. The van der Waals surface area contributed by atoms with Crippen molar-refractivity contribution in [2.75, 3.05) is 20.7 Å². The van der Waals surface area contributed by atoms with Gasteiger partial charge >= 0.3 is 6.61 Å². The van der Waals surface area contributed by atoms with Gasteiger partial charge in [-0.3, -0.25) is 4.79 Å². The molecule has 0 spiro atoms. The van der Waals surface area contributed by atoms with Crippen molar-refractivity contribution in [1.29, 1.82) is 0 Å². The number of nitrogens with zero attached hydrogens (tertiary/aromatic N) is 1. The number of hydrogen-bond acceptors (Lipinski definition) is 5. The third-order valence-electron chi connectivity index (χ3n) is 4.04. The van der Waals surface area contributed by atoms with Gasteiger partial charge in [0.25, 0.3) is 0 Å². The highest BCUT2D eigenvalue weighted by molar-refractivity contribution is 7.89. The van der Waals surface area contributed by atoms with Gasteiger partial charge in [0, 0.05) is 26.6 Å². The normalized spacial score (nSPS) is 11.4. The van der Waals surface area contributed by atoms with E-state index in [-0.39, 0.29) is 41.8 Å². The highest BCUT2D eigenvalue weighted by Crippen LogP contribution is 2.29. The second kappa shape index (κ2) is 10.3. The van der Waals surface area contributed by atoms with Crippen molar-refractivity contribution in [1.82, 2.24) is 9.62 Å². The SMILES string of the molecule is COc1cc(CN(C)C(=O)CCNS(=O)(=O)c2ccc(F)cc2)ccc1OC(F)F. The van der Waals surface area contributed by atoms with Crippen molar-refractivity contribution >= 4 is 15.9 Å². The average Bonchev–Trinajstić information content (AvgIpc) is 2.68. The molecule has 2 aromatic rings. The number of ether oxygens (including phenoxy) is 2. The van der Waals surface area contributed by atoms with Crippen LogP contribution in [0.2, 0.25) is 0 Å². The molecule has 0 aliphatic heterocycles. The first kappa shape index (κ1) is 23.5. The third-order valence-corrected chi connectivity index (χ3v) is 5.52. The fourth-order valence-electron chi connectivity index (χ4n) is 2.55. The summed E-state index contributed by atoms with van der Waals surface area (Å²) in [5, 5.41) is 0. The maximum atomic E-state index is 12.9. The zero-order chi connectivity index (χ0) is 22.3. The zero-order valence-corrected chi connectivity index (χ0v) is 17.1. The van der Waals surface area contributed by atoms with Crippen molar-refractivity contribution in [3.8, 4) is 11.5 Å². The van der Waals surface area contributed by atoms with Crippen LogP contribution >= 0.6 is 0 Å². The van der Waals surface area contributed by atoms with E-state index in [1.54, 1.807) is 0 Å². The minimum atomic E-state index is -3.86. The van der Waals surface area contributed by atoms with Crippen LogP contribution in [0.3, 0.4) is 0 Å². The minimum absolute atomic E-state index is 0.0979. The monoisotopic (exact) mass is 446 g/mol. The molecule has 0 fully saturated rings. The number of benzene rings is 2. The number of methoxy groups -OCH3 is 1. The van der Waals surface area contributed by atoms with Crippen LogP contribution in [0.5, 0.6) is 11.5 Å². The van der Waals surface area contributed by atoms with Crippen LogP contribution in [0.4, 0.5) is 13.2 Å². The van der Waals surface area contributed by atoms with E-state index in [0.29, 0.717) is 5.56 Å². The second-order valence-corrected chi connectivity index (χ2v) is 7.98. The molecule has 0 aliphatic rings. The molecule has 2 rings (SSSR count). The Hall–Kier alpha value is -2.79. The Balaban J connectivity index is 1.91. The lowest BCUT2D eigenvalue weighted by Crippen LogP contribution is -2.32. The van der Waals surface area contributed by atoms with Gasteiger partial charge in [0.1, 0.15) is 5.82 Å². The van der Waals surface area contributed by atoms with Crippen LogP contribution in [-0.4, -0.2) is 46.5 Å². The molecule has 164 valence electrons. The number of carbonyl (C=O) groups excluding carboxylic acids is 1. The van der Waals surface area contributed by atoms with Crippen LogP contribution in [0.25, 0.3) is 0 Å². The molecule has 2 aromatic carbocycles. The molecule has 0 aromatic heterocycles. The van der Waals surface area contributed by atoms with Gasteiger partial charge in [-0.05, 0) is 42.0 Å². The van der Waals surface area contributed by atoms with Gasteiger partial charge in [-0.2, -0.15) is 8.78 Å². The molecule has 1 N–H and O–H groups in total. The standard InChI is InChI=1S/C19H21F3N2O5S/c1-24(12-13-3-8-16(29-19(21)22)17(11-13)28-2)18(25)9-10-23-30(26,27)15-6-4-14(20)5-7-15/h3-8,11,19,23H,9-10,12H2,1-2H3. The highest BCUT2D eigenvalue weighted by Gasteiger charge is 2.17. The van der Waals surface area contributed by atoms with E-state index >= 15 is 0 Å². The molecular weight excluding hydrogens is 425 g/mol. The number of alkyl halides is 2. The van der Waals surface area contributed by atoms with E-state index in [9.17, 15) is 26.4 Å². The Kier molecular flexibility index (Phi) is 8.07. The van der Waals surface area contributed by atoms with Crippen LogP contribution < -0.4 is 14.2 Å². The molecule has 30 heavy (non-hydrogen) atoms. The van der Waals surface area contributed by atoms with Gasteiger partial charge in [0.2, 0.25) is 15.9 Å². The highest BCUT2D eigenvalue weighted by atomic mass is 32.2. The van der Waals surface area contributed by atoms with Crippen molar-refractivity contribution in [2.24, 2.45) is 0 Å². The first-order chi connectivity index (χ1) is 14.1. The molecule has 0 bridgehead atoms.